The molecule has 1 aromatic heterocycles. The van der Waals surface area contributed by atoms with Gasteiger partial charge in [0.05, 0.1) is 12.0 Å². The fourth-order valence-electron chi connectivity index (χ4n) is 1.97. The maximum atomic E-state index is 6.24. The highest BCUT2D eigenvalue weighted by Crippen LogP contribution is 2.25. The summed E-state index contributed by atoms with van der Waals surface area (Å²) in [4.78, 5) is 4.25. The van der Waals surface area contributed by atoms with Gasteiger partial charge in [0.25, 0.3) is 0 Å². The van der Waals surface area contributed by atoms with E-state index in [-0.39, 0.29) is 6.04 Å². The highest BCUT2D eigenvalue weighted by Gasteiger charge is 2.19. The molecule has 1 aromatic rings. The Balaban J connectivity index is 2.78. The Kier molecular flexibility index (Phi) is 4.75. The summed E-state index contributed by atoms with van der Waals surface area (Å²) in [7, 11) is 0. The largest absolute Gasteiger partial charge is 0.333 e. The average molecular weight is 237 g/mol. The van der Waals surface area contributed by atoms with Gasteiger partial charge in [-0.15, -0.1) is 0 Å². The highest BCUT2D eigenvalue weighted by molar-refractivity contribution is 5.05. The van der Waals surface area contributed by atoms with Crippen molar-refractivity contribution in [3.63, 3.8) is 0 Å². The molecule has 3 nitrogen and oxygen atoms in total. The summed E-state index contributed by atoms with van der Waals surface area (Å²) in [5.74, 6) is 0.618. The number of hydrogen-bond acceptors (Lipinski definition) is 2. The Labute approximate surface area is 105 Å². The second kappa shape index (κ2) is 5.67. The fraction of sp³-hybridized carbons (Fsp3) is 0.786. The molecule has 3 heteroatoms. The van der Waals surface area contributed by atoms with Gasteiger partial charge in [0.1, 0.15) is 0 Å². The lowest BCUT2D eigenvalue weighted by Crippen LogP contribution is -2.23. The van der Waals surface area contributed by atoms with Gasteiger partial charge in [0, 0.05) is 18.8 Å². The SMILES string of the molecule is CCC(C)(C)Cn1cncc1C(N)CC(C)C. The lowest BCUT2D eigenvalue weighted by Gasteiger charge is -2.25. The first-order chi connectivity index (χ1) is 7.85. The van der Waals surface area contributed by atoms with Crippen molar-refractivity contribution in [1.29, 1.82) is 0 Å². The van der Waals surface area contributed by atoms with E-state index in [1.165, 1.54) is 5.69 Å². The smallest absolute Gasteiger partial charge is 0.0948 e. The van der Waals surface area contributed by atoms with E-state index in [9.17, 15) is 0 Å². The van der Waals surface area contributed by atoms with Crippen molar-refractivity contribution in [2.45, 2.75) is 60.0 Å². The van der Waals surface area contributed by atoms with Gasteiger partial charge in [-0.2, -0.15) is 0 Å². The molecule has 0 aliphatic rings. The second-order valence-corrected chi connectivity index (χ2v) is 6.20. The second-order valence-electron chi connectivity index (χ2n) is 6.20. The average Bonchev–Trinajstić information content (AvgIpc) is 2.64. The zero-order valence-corrected chi connectivity index (χ0v) is 11.9. The van der Waals surface area contributed by atoms with Crippen LogP contribution < -0.4 is 5.73 Å². The number of hydrogen-bond donors (Lipinski definition) is 1. The molecule has 1 rings (SSSR count). The molecule has 98 valence electrons. The summed E-state index contributed by atoms with van der Waals surface area (Å²) in [5.41, 5.74) is 7.71. The van der Waals surface area contributed by atoms with Crippen LogP contribution in [0.15, 0.2) is 12.5 Å². The van der Waals surface area contributed by atoms with Crippen LogP contribution in [0.1, 0.15) is 59.2 Å². The van der Waals surface area contributed by atoms with Gasteiger partial charge in [-0.25, -0.2) is 4.98 Å². The van der Waals surface area contributed by atoms with Crippen molar-refractivity contribution >= 4 is 0 Å². The first-order valence-corrected chi connectivity index (χ1v) is 6.61. The van der Waals surface area contributed by atoms with Crippen LogP contribution in [0.4, 0.5) is 0 Å². The van der Waals surface area contributed by atoms with E-state index in [1.54, 1.807) is 0 Å². The Morgan fingerprint density at radius 3 is 2.59 bits per heavy atom. The number of imidazole rings is 1. The van der Waals surface area contributed by atoms with Crippen LogP contribution in [-0.2, 0) is 6.54 Å². The molecule has 0 fully saturated rings. The van der Waals surface area contributed by atoms with Gasteiger partial charge >= 0.3 is 0 Å². The molecule has 0 saturated heterocycles. The first-order valence-electron chi connectivity index (χ1n) is 6.61. The summed E-state index contributed by atoms with van der Waals surface area (Å²) in [6.45, 7) is 12.2. The molecule has 0 amide bonds. The summed E-state index contributed by atoms with van der Waals surface area (Å²) in [6, 6.07) is 0.102. The summed E-state index contributed by atoms with van der Waals surface area (Å²) < 4.78 is 2.22. The number of aromatic nitrogens is 2. The normalized spacial score (nSPS) is 14.3. The minimum Gasteiger partial charge on any atom is -0.333 e. The number of nitrogens with zero attached hydrogens (tertiary/aromatic N) is 2. The summed E-state index contributed by atoms with van der Waals surface area (Å²) in [6.07, 6.45) is 5.99. The van der Waals surface area contributed by atoms with E-state index in [2.05, 4.69) is 44.2 Å². The maximum absolute atomic E-state index is 6.24. The van der Waals surface area contributed by atoms with Gasteiger partial charge in [-0.3, -0.25) is 0 Å². The van der Waals surface area contributed by atoms with E-state index >= 15 is 0 Å². The van der Waals surface area contributed by atoms with E-state index in [0.29, 0.717) is 11.3 Å². The topological polar surface area (TPSA) is 43.8 Å². The fourth-order valence-corrected chi connectivity index (χ4v) is 1.97. The summed E-state index contributed by atoms with van der Waals surface area (Å²) in [5, 5.41) is 0. The van der Waals surface area contributed by atoms with Crippen molar-refractivity contribution in [1.82, 2.24) is 9.55 Å². The van der Waals surface area contributed by atoms with Crippen molar-refractivity contribution in [2.24, 2.45) is 17.1 Å². The Morgan fingerprint density at radius 1 is 1.41 bits per heavy atom. The number of rotatable bonds is 6. The third-order valence-electron chi connectivity index (χ3n) is 3.41. The van der Waals surface area contributed by atoms with Crippen LogP contribution in [0.5, 0.6) is 0 Å². The molecule has 17 heavy (non-hydrogen) atoms. The summed E-state index contributed by atoms with van der Waals surface area (Å²) >= 11 is 0. The molecular weight excluding hydrogens is 210 g/mol. The third-order valence-corrected chi connectivity index (χ3v) is 3.41. The van der Waals surface area contributed by atoms with Crippen LogP contribution in [0.25, 0.3) is 0 Å². The van der Waals surface area contributed by atoms with Crippen LogP contribution in [0.2, 0.25) is 0 Å². The molecule has 0 saturated carbocycles. The van der Waals surface area contributed by atoms with E-state index < -0.39 is 0 Å². The minimum absolute atomic E-state index is 0.102. The molecule has 1 heterocycles. The van der Waals surface area contributed by atoms with Gasteiger partial charge in [0.15, 0.2) is 0 Å². The molecule has 0 aliphatic carbocycles. The zero-order chi connectivity index (χ0) is 13.1. The van der Waals surface area contributed by atoms with Crippen molar-refractivity contribution in [3.05, 3.63) is 18.2 Å². The standard InChI is InChI=1S/C14H27N3/c1-6-14(4,5)9-17-10-16-8-13(17)12(15)7-11(2)3/h8,10-12H,6-7,9,15H2,1-5H3. The molecule has 0 aromatic carbocycles. The first kappa shape index (κ1) is 14.2. The van der Waals surface area contributed by atoms with E-state index in [1.807, 2.05) is 12.5 Å². The molecule has 0 aliphatic heterocycles. The lowest BCUT2D eigenvalue weighted by atomic mass is 9.90. The lowest BCUT2D eigenvalue weighted by molar-refractivity contribution is 0.287. The Bertz CT molecular complexity index is 339. The molecular formula is C14H27N3. The van der Waals surface area contributed by atoms with E-state index in [0.717, 1.165) is 19.4 Å². The molecule has 2 N–H and O–H groups in total. The van der Waals surface area contributed by atoms with Gasteiger partial charge < -0.3 is 10.3 Å². The van der Waals surface area contributed by atoms with Crippen molar-refractivity contribution in [3.8, 4) is 0 Å². The third kappa shape index (κ3) is 4.15. The molecule has 1 atom stereocenters. The molecule has 0 radical (unpaired) electrons. The van der Waals surface area contributed by atoms with Crippen LogP contribution >= 0.6 is 0 Å². The zero-order valence-electron chi connectivity index (χ0n) is 11.9. The maximum Gasteiger partial charge on any atom is 0.0948 e. The monoisotopic (exact) mass is 237 g/mol. The van der Waals surface area contributed by atoms with Crippen LogP contribution in [0, 0.1) is 11.3 Å². The minimum atomic E-state index is 0.102. The number of nitrogens with two attached hydrogens (primary N) is 1. The predicted molar refractivity (Wildman–Crippen MR) is 72.7 cm³/mol. The Morgan fingerprint density at radius 2 is 2.06 bits per heavy atom. The van der Waals surface area contributed by atoms with Crippen molar-refractivity contribution < 1.29 is 0 Å². The Hall–Kier alpha value is -0.830. The highest BCUT2D eigenvalue weighted by atomic mass is 15.1. The van der Waals surface area contributed by atoms with Crippen LogP contribution in [-0.4, -0.2) is 9.55 Å². The molecule has 0 bridgehead atoms. The van der Waals surface area contributed by atoms with Gasteiger partial charge in [-0.05, 0) is 24.2 Å². The van der Waals surface area contributed by atoms with Gasteiger partial charge in [0.2, 0.25) is 0 Å². The van der Waals surface area contributed by atoms with Crippen molar-refractivity contribution in [2.75, 3.05) is 0 Å². The molecule has 1 unspecified atom stereocenters. The van der Waals surface area contributed by atoms with Crippen LogP contribution in [0.3, 0.4) is 0 Å². The predicted octanol–water partition coefficient (Wildman–Crippen LogP) is 3.37. The quantitative estimate of drug-likeness (QED) is 0.824. The molecule has 0 spiro atoms. The van der Waals surface area contributed by atoms with Gasteiger partial charge in [-0.1, -0.05) is 34.6 Å². The van der Waals surface area contributed by atoms with E-state index in [4.69, 9.17) is 5.73 Å².